The predicted octanol–water partition coefficient (Wildman–Crippen LogP) is 3.97. The molecule has 1 unspecified atom stereocenters. The van der Waals surface area contributed by atoms with E-state index in [-0.39, 0.29) is 23.1 Å². The van der Waals surface area contributed by atoms with Gasteiger partial charge in [0, 0.05) is 72.9 Å². The Bertz CT molecular complexity index is 1520. The van der Waals surface area contributed by atoms with Crippen LogP contribution in [0.1, 0.15) is 42.5 Å². The SMILES string of the molecule is N#CC[C@H]1CN(c2nc(OCC3(C4CNCCO4)CC3)nc3c2CCN(c2cc(C(F)F)cc4ccccc24)C3)CCN1. The van der Waals surface area contributed by atoms with Gasteiger partial charge >= 0.3 is 6.01 Å². The van der Waals surface area contributed by atoms with Crippen molar-refractivity contribution >= 4 is 22.3 Å². The van der Waals surface area contributed by atoms with Crippen LogP contribution in [0.3, 0.4) is 0 Å². The van der Waals surface area contributed by atoms with Crippen LogP contribution in [0.2, 0.25) is 0 Å². The minimum atomic E-state index is -2.55. The Kier molecular flexibility index (Phi) is 7.76. The predicted molar refractivity (Wildman–Crippen MR) is 160 cm³/mol. The van der Waals surface area contributed by atoms with E-state index in [1.165, 1.54) is 0 Å². The second kappa shape index (κ2) is 11.8. The number of benzene rings is 2. The number of ether oxygens (including phenoxy) is 2. The lowest BCUT2D eigenvalue weighted by Crippen LogP contribution is -2.51. The first kappa shape index (κ1) is 28.2. The smallest absolute Gasteiger partial charge is 0.318 e. The molecule has 3 fully saturated rings. The topological polar surface area (TPSA) is 98.6 Å². The highest BCUT2D eigenvalue weighted by Gasteiger charge is 2.51. The lowest BCUT2D eigenvalue weighted by atomic mass is 9.99. The molecule has 1 saturated carbocycles. The van der Waals surface area contributed by atoms with Crippen LogP contribution in [0.25, 0.3) is 10.8 Å². The molecule has 2 aromatic carbocycles. The van der Waals surface area contributed by atoms with Gasteiger partial charge in [-0.2, -0.15) is 15.2 Å². The van der Waals surface area contributed by atoms with Crippen LogP contribution in [0, 0.1) is 16.7 Å². The van der Waals surface area contributed by atoms with Gasteiger partial charge in [-0.15, -0.1) is 0 Å². The molecule has 3 aromatic rings. The van der Waals surface area contributed by atoms with Crippen LogP contribution in [-0.2, 0) is 17.7 Å². The van der Waals surface area contributed by atoms with E-state index in [4.69, 9.17) is 19.4 Å². The number of halogens is 2. The molecule has 1 aromatic heterocycles. The summed E-state index contributed by atoms with van der Waals surface area (Å²) in [5.41, 5.74) is 2.70. The molecule has 0 spiro atoms. The number of nitrogens with zero attached hydrogens (tertiary/aromatic N) is 5. The number of hydrogen-bond acceptors (Lipinski definition) is 9. The highest BCUT2D eigenvalue weighted by atomic mass is 19.3. The molecule has 2 saturated heterocycles. The van der Waals surface area contributed by atoms with Crippen LogP contribution in [0.5, 0.6) is 6.01 Å². The normalized spacial score (nSPS) is 23.2. The van der Waals surface area contributed by atoms with Gasteiger partial charge in [-0.1, -0.05) is 24.3 Å². The number of morpholine rings is 1. The summed E-state index contributed by atoms with van der Waals surface area (Å²) < 4.78 is 40.3. The Morgan fingerprint density at radius 1 is 1.14 bits per heavy atom. The molecule has 4 aliphatic rings. The molecule has 11 heteroatoms. The molecule has 0 radical (unpaired) electrons. The standard InChI is InChI=1S/C32H37F2N7O2/c33-29(34)22-15-21-3-1-2-4-24(21)27(16-22)40-12-6-25-26(19-40)38-31(39-30(25)41-13-10-37-23(18-41)5-9-35)43-20-32(7-8-32)28-17-36-11-14-42-28/h1-4,15-16,23,28-29,36-37H,5-8,10-14,17-20H2/t23-,28?/m0/s1. The van der Waals surface area contributed by atoms with Crippen LogP contribution < -0.4 is 25.2 Å². The molecule has 3 aliphatic heterocycles. The van der Waals surface area contributed by atoms with Crippen molar-refractivity contribution in [3.63, 3.8) is 0 Å². The summed E-state index contributed by atoms with van der Waals surface area (Å²) in [6, 6.07) is 13.6. The van der Waals surface area contributed by atoms with Crippen LogP contribution in [-0.4, -0.2) is 74.6 Å². The van der Waals surface area contributed by atoms with Gasteiger partial charge in [0.1, 0.15) is 5.82 Å². The number of aromatic nitrogens is 2. The molecular formula is C32H37F2N7O2. The van der Waals surface area contributed by atoms with E-state index in [1.807, 2.05) is 24.3 Å². The second-order valence-corrected chi connectivity index (χ2v) is 12.2. The monoisotopic (exact) mass is 589 g/mol. The Morgan fingerprint density at radius 3 is 2.81 bits per heavy atom. The lowest BCUT2D eigenvalue weighted by molar-refractivity contribution is -0.0334. The van der Waals surface area contributed by atoms with E-state index in [1.54, 1.807) is 12.1 Å². The van der Waals surface area contributed by atoms with Gasteiger partial charge in [-0.3, -0.25) is 0 Å². The quantitative estimate of drug-likeness (QED) is 0.405. The van der Waals surface area contributed by atoms with Crippen molar-refractivity contribution in [2.45, 2.75) is 50.8 Å². The minimum absolute atomic E-state index is 0.0189. The van der Waals surface area contributed by atoms with Crippen molar-refractivity contribution in [2.24, 2.45) is 5.41 Å². The Morgan fingerprint density at radius 2 is 2.02 bits per heavy atom. The van der Waals surface area contributed by atoms with E-state index < -0.39 is 6.43 Å². The molecule has 2 atom stereocenters. The molecule has 1 aliphatic carbocycles. The van der Waals surface area contributed by atoms with Gasteiger partial charge in [-0.05, 0) is 36.8 Å². The summed E-state index contributed by atoms with van der Waals surface area (Å²) >= 11 is 0. The van der Waals surface area contributed by atoms with Gasteiger partial charge < -0.3 is 29.9 Å². The Labute approximate surface area is 250 Å². The summed E-state index contributed by atoms with van der Waals surface area (Å²) in [5, 5.41) is 17.9. The van der Waals surface area contributed by atoms with Crippen LogP contribution >= 0.6 is 0 Å². The van der Waals surface area contributed by atoms with Crippen molar-refractivity contribution in [3.05, 3.63) is 53.2 Å². The number of piperazine rings is 1. The zero-order valence-electron chi connectivity index (χ0n) is 24.2. The van der Waals surface area contributed by atoms with Crippen molar-refractivity contribution in [1.82, 2.24) is 20.6 Å². The average Bonchev–Trinajstić information content (AvgIpc) is 3.84. The second-order valence-electron chi connectivity index (χ2n) is 12.2. The van der Waals surface area contributed by atoms with Crippen molar-refractivity contribution in [3.8, 4) is 12.1 Å². The minimum Gasteiger partial charge on any atom is -0.463 e. The zero-order valence-corrected chi connectivity index (χ0v) is 24.2. The van der Waals surface area contributed by atoms with Crippen LogP contribution in [0.4, 0.5) is 20.3 Å². The summed E-state index contributed by atoms with van der Waals surface area (Å²) in [6.45, 7) is 6.20. The fourth-order valence-corrected chi connectivity index (χ4v) is 6.77. The number of nitriles is 1. The summed E-state index contributed by atoms with van der Waals surface area (Å²) in [5.74, 6) is 0.857. The Balaban J connectivity index is 1.21. The van der Waals surface area contributed by atoms with Gasteiger partial charge in [0.05, 0.1) is 44.0 Å². The van der Waals surface area contributed by atoms with E-state index >= 15 is 0 Å². The summed E-state index contributed by atoms with van der Waals surface area (Å²) in [4.78, 5) is 14.3. The number of alkyl halides is 2. The molecule has 2 N–H and O–H groups in total. The molecule has 9 nitrogen and oxygen atoms in total. The van der Waals surface area contributed by atoms with Crippen molar-refractivity contribution in [2.75, 3.05) is 62.3 Å². The fraction of sp³-hybridized carbons (Fsp3) is 0.531. The number of fused-ring (bicyclic) bond motifs is 2. The highest BCUT2D eigenvalue weighted by molar-refractivity contribution is 5.95. The van der Waals surface area contributed by atoms with Gasteiger partial charge in [0.2, 0.25) is 0 Å². The maximum Gasteiger partial charge on any atom is 0.318 e. The maximum atomic E-state index is 13.9. The first-order chi connectivity index (χ1) is 21.0. The number of rotatable bonds is 8. The van der Waals surface area contributed by atoms with Crippen molar-refractivity contribution < 1.29 is 18.3 Å². The third-order valence-electron chi connectivity index (χ3n) is 9.36. The Hall–Kier alpha value is -3.59. The lowest BCUT2D eigenvalue weighted by Gasteiger charge is -2.37. The first-order valence-corrected chi connectivity index (χ1v) is 15.3. The van der Waals surface area contributed by atoms with E-state index in [0.29, 0.717) is 51.7 Å². The van der Waals surface area contributed by atoms with Gasteiger partial charge in [0.25, 0.3) is 6.43 Å². The molecule has 43 heavy (non-hydrogen) atoms. The van der Waals surface area contributed by atoms with Gasteiger partial charge in [-0.25, -0.2) is 8.78 Å². The first-order valence-electron chi connectivity index (χ1n) is 15.3. The molecular weight excluding hydrogens is 552 g/mol. The third-order valence-corrected chi connectivity index (χ3v) is 9.36. The van der Waals surface area contributed by atoms with Crippen molar-refractivity contribution in [1.29, 1.82) is 5.26 Å². The molecule has 226 valence electrons. The molecule has 4 heterocycles. The zero-order chi connectivity index (χ0) is 29.4. The van der Waals surface area contributed by atoms with Crippen LogP contribution in [0.15, 0.2) is 36.4 Å². The highest BCUT2D eigenvalue weighted by Crippen LogP contribution is 2.50. The number of anilines is 2. The molecule has 0 amide bonds. The molecule has 0 bridgehead atoms. The average molecular weight is 590 g/mol. The number of hydrogen-bond donors (Lipinski definition) is 2. The number of nitrogens with one attached hydrogen (secondary N) is 2. The van der Waals surface area contributed by atoms with E-state index in [2.05, 4.69) is 26.5 Å². The summed E-state index contributed by atoms with van der Waals surface area (Å²) in [6.07, 6.45) is 0.756. The third kappa shape index (κ3) is 5.71. The summed E-state index contributed by atoms with van der Waals surface area (Å²) in [7, 11) is 0. The molecule has 7 rings (SSSR count). The largest absolute Gasteiger partial charge is 0.463 e. The van der Waals surface area contributed by atoms with E-state index in [0.717, 1.165) is 72.6 Å². The maximum absolute atomic E-state index is 13.9. The van der Waals surface area contributed by atoms with Gasteiger partial charge in [0.15, 0.2) is 0 Å². The fourth-order valence-electron chi connectivity index (χ4n) is 6.77. The van der Waals surface area contributed by atoms with E-state index in [9.17, 15) is 14.0 Å².